The van der Waals surface area contributed by atoms with Gasteiger partial charge >= 0.3 is 6.03 Å². The molecule has 1 saturated heterocycles. The molecular formula is C22H20Cl2N6O. The number of benzene rings is 2. The number of amides is 2. The largest absolute Gasteiger partial charge is 0.322 e. The van der Waals surface area contributed by atoms with Gasteiger partial charge in [0.05, 0.1) is 23.8 Å². The number of aryl methyl sites for hydroxylation is 1. The summed E-state index contributed by atoms with van der Waals surface area (Å²) >= 11 is 12.0. The van der Waals surface area contributed by atoms with E-state index in [1.807, 2.05) is 35.8 Å². The number of anilines is 1. The van der Waals surface area contributed by atoms with Crippen molar-refractivity contribution >= 4 is 34.9 Å². The first-order chi connectivity index (χ1) is 15.0. The molecular weight excluding hydrogens is 435 g/mol. The van der Waals surface area contributed by atoms with E-state index in [0.717, 1.165) is 30.1 Å². The van der Waals surface area contributed by atoms with Crippen molar-refractivity contribution in [2.45, 2.75) is 32.4 Å². The molecule has 7 nitrogen and oxygen atoms in total. The summed E-state index contributed by atoms with van der Waals surface area (Å²) in [6, 6.07) is 14.0. The molecule has 4 rings (SSSR count). The summed E-state index contributed by atoms with van der Waals surface area (Å²) in [7, 11) is 0. The van der Waals surface area contributed by atoms with E-state index in [0.29, 0.717) is 34.4 Å². The highest BCUT2D eigenvalue weighted by atomic mass is 35.5. The van der Waals surface area contributed by atoms with Crippen LogP contribution in [0.4, 0.5) is 10.5 Å². The average molecular weight is 455 g/mol. The van der Waals surface area contributed by atoms with Crippen LogP contribution in [-0.2, 0) is 6.54 Å². The number of hydrogen-bond donors (Lipinski definition) is 1. The molecule has 2 heterocycles. The average Bonchev–Trinajstić information content (AvgIpc) is 3.38. The molecule has 1 unspecified atom stereocenters. The summed E-state index contributed by atoms with van der Waals surface area (Å²) in [5.41, 5.74) is 1.82. The second-order valence-electron chi connectivity index (χ2n) is 7.40. The topological polar surface area (TPSA) is 86.8 Å². The molecule has 3 aromatic rings. The Morgan fingerprint density at radius 2 is 1.94 bits per heavy atom. The molecule has 2 amide bonds. The number of nitrogens with zero attached hydrogens (tertiary/aromatic N) is 5. The lowest BCUT2D eigenvalue weighted by Crippen LogP contribution is -2.35. The van der Waals surface area contributed by atoms with Gasteiger partial charge in [-0.05, 0) is 55.7 Å². The minimum absolute atomic E-state index is 0.202. The Hall–Kier alpha value is -3.08. The molecule has 1 aliphatic rings. The van der Waals surface area contributed by atoms with E-state index in [2.05, 4.69) is 21.6 Å². The number of aromatic nitrogens is 3. The number of halogens is 2. The highest BCUT2D eigenvalue weighted by molar-refractivity contribution is 6.31. The fraction of sp³-hybridized carbons (Fsp3) is 0.273. The van der Waals surface area contributed by atoms with E-state index in [-0.39, 0.29) is 12.1 Å². The van der Waals surface area contributed by atoms with Gasteiger partial charge in [0.1, 0.15) is 11.9 Å². The summed E-state index contributed by atoms with van der Waals surface area (Å²) in [6.45, 7) is 3.09. The summed E-state index contributed by atoms with van der Waals surface area (Å²) in [6.07, 6.45) is 1.65. The molecule has 1 fully saturated rings. The maximum Gasteiger partial charge on any atom is 0.322 e. The lowest BCUT2D eigenvalue weighted by atomic mass is 10.2. The van der Waals surface area contributed by atoms with Gasteiger partial charge in [0.15, 0.2) is 5.82 Å². The predicted molar refractivity (Wildman–Crippen MR) is 119 cm³/mol. The van der Waals surface area contributed by atoms with Gasteiger partial charge in [-0.15, -0.1) is 10.2 Å². The van der Waals surface area contributed by atoms with Gasteiger partial charge < -0.3 is 14.8 Å². The quantitative estimate of drug-likeness (QED) is 0.587. The number of urea groups is 1. The fourth-order valence-electron chi connectivity index (χ4n) is 3.79. The van der Waals surface area contributed by atoms with E-state index in [1.165, 1.54) is 6.07 Å². The number of carbonyl (C=O) groups is 1. The van der Waals surface area contributed by atoms with Crippen molar-refractivity contribution in [3.8, 4) is 6.07 Å². The SMILES string of the molecule is Cc1nnc(C2CCCN2C(=O)Nc2ccc(Cl)cc2C#N)n1Cc1ccc(Cl)cc1. The molecule has 2 aromatic carbocycles. The third-order valence-electron chi connectivity index (χ3n) is 5.37. The zero-order chi connectivity index (χ0) is 22.0. The summed E-state index contributed by atoms with van der Waals surface area (Å²) in [5.74, 6) is 1.53. The Morgan fingerprint density at radius 1 is 1.19 bits per heavy atom. The van der Waals surface area contributed by atoms with Crippen LogP contribution in [0.5, 0.6) is 0 Å². The molecule has 9 heteroatoms. The Balaban J connectivity index is 1.57. The molecule has 31 heavy (non-hydrogen) atoms. The van der Waals surface area contributed by atoms with Gasteiger partial charge in [0, 0.05) is 16.6 Å². The zero-order valence-corrected chi connectivity index (χ0v) is 18.4. The van der Waals surface area contributed by atoms with E-state index >= 15 is 0 Å². The maximum absolute atomic E-state index is 13.1. The van der Waals surface area contributed by atoms with Crippen LogP contribution in [0.25, 0.3) is 0 Å². The summed E-state index contributed by atoms with van der Waals surface area (Å²) in [4.78, 5) is 14.8. The van der Waals surface area contributed by atoms with Crippen LogP contribution in [0.3, 0.4) is 0 Å². The highest BCUT2D eigenvalue weighted by Crippen LogP contribution is 2.32. The van der Waals surface area contributed by atoms with Crippen LogP contribution in [0.1, 0.15) is 41.7 Å². The standard InChI is InChI=1S/C22H20Cl2N6O/c1-14-27-28-21(30(14)13-15-4-6-17(23)7-5-15)20-3-2-10-29(20)22(31)26-19-9-8-18(24)11-16(19)12-25/h4-9,11,20H,2-3,10,13H2,1H3,(H,26,31). The minimum atomic E-state index is -0.278. The van der Waals surface area contributed by atoms with E-state index in [1.54, 1.807) is 17.0 Å². The van der Waals surface area contributed by atoms with Gasteiger partial charge in [-0.2, -0.15) is 5.26 Å². The van der Waals surface area contributed by atoms with Gasteiger partial charge in [-0.3, -0.25) is 0 Å². The number of nitriles is 1. The Labute approximate surface area is 190 Å². The van der Waals surface area contributed by atoms with Crippen molar-refractivity contribution in [2.24, 2.45) is 0 Å². The Kier molecular flexibility index (Phi) is 6.12. The van der Waals surface area contributed by atoms with Gasteiger partial charge in [0.25, 0.3) is 0 Å². The predicted octanol–water partition coefficient (Wildman–Crippen LogP) is 5.18. The van der Waals surface area contributed by atoms with Crippen LogP contribution in [0.2, 0.25) is 10.0 Å². The first-order valence-electron chi connectivity index (χ1n) is 9.87. The van der Waals surface area contributed by atoms with Gasteiger partial charge in [-0.25, -0.2) is 4.79 Å². The first kappa shape index (κ1) is 21.2. The van der Waals surface area contributed by atoms with Crippen molar-refractivity contribution in [1.29, 1.82) is 5.26 Å². The first-order valence-corrected chi connectivity index (χ1v) is 10.6. The van der Waals surface area contributed by atoms with Crippen molar-refractivity contribution in [2.75, 3.05) is 11.9 Å². The zero-order valence-electron chi connectivity index (χ0n) is 16.8. The Bertz CT molecular complexity index is 1150. The lowest BCUT2D eigenvalue weighted by Gasteiger charge is -2.25. The third-order valence-corrected chi connectivity index (χ3v) is 5.86. The van der Waals surface area contributed by atoms with E-state index in [9.17, 15) is 10.1 Å². The minimum Gasteiger partial charge on any atom is -0.314 e. The molecule has 0 aliphatic carbocycles. The molecule has 0 bridgehead atoms. The number of hydrogen-bond acceptors (Lipinski definition) is 4. The molecule has 0 radical (unpaired) electrons. The fourth-order valence-corrected chi connectivity index (χ4v) is 4.09. The second-order valence-corrected chi connectivity index (χ2v) is 8.27. The molecule has 1 N–H and O–H groups in total. The summed E-state index contributed by atoms with van der Waals surface area (Å²) in [5, 5.41) is 22.0. The van der Waals surface area contributed by atoms with Crippen LogP contribution in [0, 0.1) is 18.3 Å². The molecule has 0 saturated carbocycles. The Morgan fingerprint density at radius 3 is 2.68 bits per heavy atom. The van der Waals surface area contributed by atoms with E-state index in [4.69, 9.17) is 23.2 Å². The number of likely N-dealkylation sites (tertiary alicyclic amines) is 1. The van der Waals surface area contributed by atoms with Crippen molar-refractivity contribution in [3.05, 3.63) is 75.3 Å². The number of nitrogens with one attached hydrogen (secondary N) is 1. The van der Waals surface area contributed by atoms with Crippen molar-refractivity contribution in [1.82, 2.24) is 19.7 Å². The van der Waals surface area contributed by atoms with Crippen molar-refractivity contribution < 1.29 is 4.79 Å². The molecule has 1 aliphatic heterocycles. The molecule has 1 atom stereocenters. The normalized spacial score (nSPS) is 15.7. The van der Waals surface area contributed by atoms with E-state index < -0.39 is 0 Å². The number of rotatable bonds is 4. The van der Waals surface area contributed by atoms with Crippen LogP contribution < -0.4 is 5.32 Å². The van der Waals surface area contributed by atoms with Crippen LogP contribution >= 0.6 is 23.2 Å². The summed E-state index contributed by atoms with van der Waals surface area (Å²) < 4.78 is 2.03. The molecule has 158 valence electrons. The van der Waals surface area contributed by atoms with Gasteiger partial charge in [0.2, 0.25) is 0 Å². The maximum atomic E-state index is 13.1. The monoisotopic (exact) mass is 454 g/mol. The van der Waals surface area contributed by atoms with Gasteiger partial charge in [-0.1, -0.05) is 35.3 Å². The molecule has 1 aromatic heterocycles. The number of carbonyl (C=O) groups excluding carboxylic acids is 1. The van der Waals surface area contributed by atoms with Crippen molar-refractivity contribution in [3.63, 3.8) is 0 Å². The second kappa shape index (κ2) is 8.96. The third kappa shape index (κ3) is 4.50. The smallest absolute Gasteiger partial charge is 0.314 e. The molecule has 0 spiro atoms. The van der Waals surface area contributed by atoms with Crippen LogP contribution in [-0.4, -0.2) is 32.2 Å². The highest BCUT2D eigenvalue weighted by Gasteiger charge is 2.34. The van der Waals surface area contributed by atoms with Crippen LogP contribution in [0.15, 0.2) is 42.5 Å². The lowest BCUT2D eigenvalue weighted by molar-refractivity contribution is 0.204.